The molecule has 0 unspecified atom stereocenters. The van der Waals surface area contributed by atoms with Crippen LogP contribution >= 0.6 is 0 Å². The van der Waals surface area contributed by atoms with Gasteiger partial charge in [-0.05, 0) is 12.1 Å². The molecule has 1 aromatic heterocycles. The summed E-state index contributed by atoms with van der Waals surface area (Å²) in [4.78, 5) is 18.9. The van der Waals surface area contributed by atoms with Crippen molar-refractivity contribution in [2.24, 2.45) is 0 Å². The second-order valence-corrected chi connectivity index (χ2v) is 6.03. The van der Waals surface area contributed by atoms with Crippen LogP contribution in [0, 0.1) is 5.82 Å². The van der Waals surface area contributed by atoms with Crippen LogP contribution in [0.2, 0.25) is 0 Å². The van der Waals surface area contributed by atoms with Crippen LogP contribution in [0.25, 0.3) is 0 Å². The lowest BCUT2D eigenvalue weighted by atomic mass is 10.2. The van der Waals surface area contributed by atoms with Crippen LogP contribution in [0.3, 0.4) is 0 Å². The lowest BCUT2D eigenvalue weighted by Crippen LogP contribution is -3.16. The SMILES string of the molecule is O=C(C[NH+]1CCN(c2cccc[nH+]2)CC1)NCc1ccccc1F. The third-order valence-electron chi connectivity index (χ3n) is 4.35. The van der Waals surface area contributed by atoms with Gasteiger partial charge in [-0.3, -0.25) is 9.69 Å². The van der Waals surface area contributed by atoms with Crippen molar-refractivity contribution in [2.45, 2.75) is 6.54 Å². The summed E-state index contributed by atoms with van der Waals surface area (Å²) < 4.78 is 13.5. The maximum absolute atomic E-state index is 13.5. The van der Waals surface area contributed by atoms with Gasteiger partial charge in [-0.25, -0.2) is 9.37 Å². The van der Waals surface area contributed by atoms with E-state index in [2.05, 4.69) is 21.3 Å². The first-order valence-corrected chi connectivity index (χ1v) is 8.28. The number of nitrogens with one attached hydrogen (secondary N) is 3. The fourth-order valence-corrected chi connectivity index (χ4v) is 2.95. The fraction of sp³-hybridized carbons (Fsp3) is 0.333. The smallest absolute Gasteiger partial charge is 0.275 e. The molecular weight excluding hydrogens is 307 g/mol. The Kier molecular flexibility index (Phi) is 5.38. The van der Waals surface area contributed by atoms with Crippen LogP contribution in [0.4, 0.5) is 10.2 Å². The first-order chi connectivity index (χ1) is 11.7. The molecular formula is C18H23FN4O+2. The molecule has 2 aromatic rings. The first kappa shape index (κ1) is 16.4. The first-order valence-electron chi connectivity index (χ1n) is 8.28. The van der Waals surface area contributed by atoms with Gasteiger partial charge < -0.3 is 10.2 Å². The standard InChI is InChI=1S/C18H21FN4O/c19-16-6-2-1-5-15(16)13-21-18(24)14-22-9-11-23(12-10-22)17-7-3-4-8-20-17/h1-8H,9-14H2,(H,21,24)/p+2. The fourth-order valence-electron chi connectivity index (χ4n) is 2.95. The van der Waals surface area contributed by atoms with Crippen LogP contribution < -0.4 is 20.1 Å². The maximum Gasteiger partial charge on any atom is 0.275 e. The van der Waals surface area contributed by atoms with Gasteiger partial charge >= 0.3 is 0 Å². The molecule has 0 aliphatic carbocycles. The number of benzene rings is 1. The van der Waals surface area contributed by atoms with Gasteiger partial charge in [0.1, 0.15) is 32.0 Å². The molecule has 1 aliphatic rings. The van der Waals surface area contributed by atoms with E-state index >= 15 is 0 Å². The Bertz CT molecular complexity index is 672. The molecule has 3 rings (SSSR count). The Morgan fingerprint density at radius 2 is 1.92 bits per heavy atom. The molecule has 24 heavy (non-hydrogen) atoms. The third-order valence-corrected chi connectivity index (χ3v) is 4.35. The maximum atomic E-state index is 13.5. The van der Waals surface area contributed by atoms with E-state index in [1.807, 2.05) is 18.3 Å². The third kappa shape index (κ3) is 4.29. The van der Waals surface area contributed by atoms with E-state index in [0.717, 1.165) is 32.0 Å². The van der Waals surface area contributed by atoms with Crippen molar-refractivity contribution < 1.29 is 19.1 Å². The van der Waals surface area contributed by atoms with Crippen LogP contribution in [0.1, 0.15) is 5.56 Å². The van der Waals surface area contributed by atoms with Crippen molar-refractivity contribution in [3.63, 3.8) is 0 Å². The number of carbonyl (C=O) groups excluding carboxylic acids is 1. The number of hydrogen-bond acceptors (Lipinski definition) is 2. The number of quaternary nitrogens is 1. The van der Waals surface area contributed by atoms with Crippen molar-refractivity contribution >= 4 is 11.7 Å². The average Bonchev–Trinajstić information content (AvgIpc) is 2.62. The predicted molar refractivity (Wildman–Crippen MR) is 89.0 cm³/mol. The Morgan fingerprint density at radius 3 is 2.62 bits per heavy atom. The molecule has 6 heteroatoms. The number of halogens is 1. The number of carbonyl (C=O) groups is 1. The number of anilines is 1. The van der Waals surface area contributed by atoms with E-state index in [1.54, 1.807) is 18.2 Å². The molecule has 126 valence electrons. The van der Waals surface area contributed by atoms with Crippen molar-refractivity contribution in [1.29, 1.82) is 0 Å². The highest BCUT2D eigenvalue weighted by molar-refractivity contribution is 5.76. The normalized spacial score (nSPS) is 15.3. The summed E-state index contributed by atoms with van der Waals surface area (Å²) in [6.45, 7) is 4.32. The number of nitrogens with zero attached hydrogens (tertiary/aromatic N) is 1. The highest BCUT2D eigenvalue weighted by Gasteiger charge is 2.27. The molecule has 1 aromatic carbocycles. The predicted octanol–water partition coefficient (Wildman–Crippen LogP) is -0.339. The molecule has 0 radical (unpaired) electrons. The zero-order chi connectivity index (χ0) is 16.8. The van der Waals surface area contributed by atoms with Gasteiger partial charge in [-0.2, -0.15) is 0 Å². The summed E-state index contributed by atoms with van der Waals surface area (Å²) in [6.07, 6.45) is 1.92. The summed E-state index contributed by atoms with van der Waals surface area (Å²) in [5.74, 6) is 0.798. The molecule has 2 heterocycles. The topological polar surface area (TPSA) is 50.9 Å². The molecule has 0 spiro atoms. The van der Waals surface area contributed by atoms with Gasteiger partial charge in [0.25, 0.3) is 11.7 Å². The van der Waals surface area contributed by atoms with E-state index in [1.165, 1.54) is 11.0 Å². The minimum absolute atomic E-state index is 0.0343. The number of piperazine rings is 1. The summed E-state index contributed by atoms with van der Waals surface area (Å²) >= 11 is 0. The van der Waals surface area contributed by atoms with E-state index in [-0.39, 0.29) is 18.3 Å². The summed E-state index contributed by atoms with van der Waals surface area (Å²) in [5.41, 5.74) is 0.519. The number of H-pyrrole nitrogens is 1. The molecule has 0 saturated carbocycles. The van der Waals surface area contributed by atoms with Gasteiger partial charge in [0.2, 0.25) is 0 Å². The Labute approximate surface area is 141 Å². The van der Waals surface area contributed by atoms with E-state index < -0.39 is 0 Å². The zero-order valence-electron chi connectivity index (χ0n) is 13.6. The Balaban J connectivity index is 1.43. The lowest BCUT2D eigenvalue weighted by Gasteiger charge is -2.27. The van der Waals surface area contributed by atoms with E-state index in [0.29, 0.717) is 12.1 Å². The number of aromatic amines is 1. The van der Waals surface area contributed by atoms with Crippen LogP contribution in [0.15, 0.2) is 48.7 Å². The van der Waals surface area contributed by atoms with Crippen molar-refractivity contribution in [1.82, 2.24) is 5.32 Å². The number of rotatable bonds is 5. The van der Waals surface area contributed by atoms with E-state index in [9.17, 15) is 9.18 Å². The minimum Gasteiger partial charge on any atom is -0.347 e. The highest BCUT2D eigenvalue weighted by Crippen LogP contribution is 2.05. The second kappa shape index (κ2) is 7.88. The molecule has 1 aliphatic heterocycles. The van der Waals surface area contributed by atoms with E-state index in [4.69, 9.17) is 0 Å². The molecule has 1 amide bonds. The van der Waals surface area contributed by atoms with Gasteiger partial charge in [0.05, 0.1) is 6.20 Å². The Morgan fingerprint density at radius 1 is 1.17 bits per heavy atom. The molecule has 1 fully saturated rings. The molecule has 5 nitrogen and oxygen atoms in total. The zero-order valence-corrected chi connectivity index (χ0v) is 13.6. The van der Waals surface area contributed by atoms with Crippen LogP contribution in [0.5, 0.6) is 0 Å². The summed E-state index contributed by atoms with van der Waals surface area (Å²) in [5, 5.41) is 2.81. The molecule has 3 N–H and O–H groups in total. The molecule has 0 bridgehead atoms. The quantitative estimate of drug-likeness (QED) is 0.788. The van der Waals surface area contributed by atoms with Crippen LogP contribution in [-0.2, 0) is 11.3 Å². The number of pyridine rings is 1. The van der Waals surface area contributed by atoms with Gasteiger partial charge in [0, 0.05) is 18.2 Å². The number of hydrogen-bond donors (Lipinski definition) is 2. The van der Waals surface area contributed by atoms with Crippen molar-refractivity contribution in [3.8, 4) is 0 Å². The minimum atomic E-state index is -0.280. The highest BCUT2D eigenvalue weighted by atomic mass is 19.1. The number of amides is 1. The second-order valence-electron chi connectivity index (χ2n) is 6.03. The van der Waals surface area contributed by atoms with Gasteiger partial charge in [-0.15, -0.1) is 0 Å². The average molecular weight is 330 g/mol. The number of aromatic nitrogens is 1. The van der Waals surface area contributed by atoms with Gasteiger partial charge in [-0.1, -0.05) is 24.3 Å². The van der Waals surface area contributed by atoms with Gasteiger partial charge in [0.15, 0.2) is 6.54 Å². The summed E-state index contributed by atoms with van der Waals surface area (Å²) in [7, 11) is 0. The monoisotopic (exact) mass is 330 g/mol. The van der Waals surface area contributed by atoms with Crippen LogP contribution in [-0.4, -0.2) is 38.6 Å². The van der Waals surface area contributed by atoms with Crippen molar-refractivity contribution in [2.75, 3.05) is 37.6 Å². The Hall–Kier alpha value is -2.47. The molecule has 1 saturated heterocycles. The largest absolute Gasteiger partial charge is 0.347 e. The molecule has 0 atom stereocenters. The summed E-state index contributed by atoms with van der Waals surface area (Å²) in [6, 6.07) is 12.6. The lowest BCUT2D eigenvalue weighted by molar-refractivity contribution is -0.892. The van der Waals surface area contributed by atoms with Crippen molar-refractivity contribution in [3.05, 3.63) is 60.0 Å².